The summed E-state index contributed by atoms with van der Waals surface area (Å²) < 4.78 is 1.90. The van der Waals surface area contributed by atoms with Gasteiger partial charge in [-0.3, -0.25) is 4.90 Å². The minimum Gasteiger partial charge on any atom is -0.353 e. The summed E-state index contributed by atoms with van der Waals surface area (Å²) in [4.78, 5) is 13.9. The highest BCUT2D eigenvalue weighted by Gasteiger charge is 2.21. The smallest absolute Gasteiger partial charge is 0.163 e. The van der Waals surface area contributed by atoms with E-state index in [-0.39, 0.29) is 0 Å². The maximum atomic E-state index is 6.33. The quantitative estimate of drug-likeness (QED) is 0.492. The molecule has 30 heavy (non-hydrogen) atoms. The molecule has 0 unspecified atom stereocenters. The largest absolute Gasteiger partial charge is 0.353 e. The van der Waals surface area contributed by atoms with Crippen molar-refractivity contribution < 1.29 is 0 Å². The molecular formula is C23H23ClN6. The van der Waals surface area contributed by atoms with Crippen molar-refractivity contribution in [3.8, 4) is 0 Å². The number of anilines is 1. The highest BCUT2D eigenvalue weighted by atomic mass is 35.5. The molecule has 0 bridgehead atoms. The Morgan fingerprint density at radius 2 is 1.60 bits per heavy atom. The lowest BCUT2D eigenvalue weighted by molar-refractivity contribution is 0.249. The van der Waals surface area contributed by atoms with Gasteiger partial charge < -0.3 is 4.90 Å². The van der Waals surface area contributed by atoms with Crippen molar-refractivity contribution >= 4 is 28.5 Å². The zero-order chi connectivity index (χ0) is 20.3. The number of piperazine rings is 1. The summed E-state index contributed by atoms with van der Waals surface area (Å²) in [5.74, 6) is 0.963. The summed E-state index contributed by atoms with van der Waals surface area (Å²) in [5.41, 5.74) is 3.22. The molecule has 152 valence electrons. The molecule has 5 rings (SSSR count). The summed E-state index contributed by atoms with van der Waals surface area (Å²) in [6, 6.07) is 18.5. The molecule has 3 heterocycles. The Morgan fingerprint density at radius 3 is 2.40 bits per heavy atom. The molecule has 0 radical (unpaired) electrons. The molecule has 0 N–H and O–H groups in total. The molecule has 4 aromatic rings. The average Bonchev–Trinajstić information content (AvgIpc) is 3.20. The molecule has 0 spiro atoms. The van der Waals surface area contributed by atoms with Crippen molar-refractivity contribution in [3.63, 3.8) is 0 Å². The van der Waals surface area contributed by atoms with Crippen LogP contribution in [0.15, 0.2) is 67.1 Å². The van der Waals surface area contributed by atoms with E-state index in [0.717, 1.165) is 60.2 Å². The van der Waals surface area contributed by atoms with Gasteiger partial charge in [-0.2, -0.15) is 5.10 Å². The third-order valence-corrected chi connectivity index (χ3v) is 5.98. The Kier molecular flexibility index (Phi) is 5.34. The molecule has 7 heteroatoms. The second-order valence-electron chi connectivity index (χ2n) is 7.58. The lowest BCUT2D eigenvalue weighted by Crippen LogP contribution is -2.46. The van der Waals surface area contributed by atoms with Crippen LogP contribution in [0.4, 0.5) is 5.82 Å². The van der Waals surface area contributed by atoms with Crippen molar-refractivity contribution in [1.29, 1.82) is 0 Å². The third kappa shape index (κ3) is 3.88. The Balaban J connectivity index is 1.32. The fraction of sp³-hybridized carbons (Fsp3) is 0.261. The van der Waals surface area contributed by atoms with E-state index in [0.29, 0.717) is 6.54 Å². The molecule has 0 saturated carbocycles. The summed E-state index contributed by atoms with van der Waals surface area (Å²) >= 11 is 6.33. The second kappa shape index (κ2) is 8.42. The number of hydrogen-bond donors (Lipinski definition) is 0. The van der Waals surface area contributed by atoms with Crippen LogP contribution < -0.4 is 4.90 Å². The molecule has 0 aliphatic carbocycles. The lowest BCUT2D eigenvalue weighted by atomic mass is 10.2. The van der Waals surface area contributed by atoms with Crippen LogP contribution in [0, 0.1) is 0 Å². The molecule has 1 fully saturated rings. The second-order valence-corrected chi connectivity index (χ2v) is 7.98. The van der Waals surface area contributed by atoms with Gasteiger partial charge in [0.15, 0.2) is 5.65 Å². The van der Waals surface area contributed by atoms with E-state index in [1.54, 1.807) is 6.33 Å². The number of nitrogens with zero attached hydrogens (tertiary/aromatic N) is 6. The van der Waals surface area contributed by atoms with E-state index < -0.39 is 0 Å². The average molecular weight is 419 g/mol. The van der Waals surface area contributed by atoms with Crippen LogP contribution in [0.2, 0.25) is 5.02 Å². The van der Waals surface area contributed by atoms with Crippen molar-refractivity contribution in [2.45, 2.75) is 13.1 Å². The first kappa shape index (κ1) is 19.0. The topological polar surface area (TPSA) is 50.1 Å². The molecule has 1 aliphatic rings. The van der Waals surface area contributed by atoms with Gasteiger partial charge in [0.2, 0.25) is 0 Å². The highest BCUT2D eigenvalue weighted by Crippen LogP contribution is 2.25. The van der Waals surface area contributed by atoms with Crippen LogP contribution in [0.3, 0.4) is 0 Å². The van der Waals surface area contributed by atoms with Crippen molar-refractivity contribution in [1.82, 2.24) is 24.6 Å². The predicted molar refractivity (Wildman–Crippen MR) is 120 cm³/mol. The van der Waals surface area contributed by atoms with Gasteiger partial charge >= 0.3 is 0 Å². The van der Waals surface area contributed by atoms with Crippen LogP contribution in [0.25, 0.3) is 11.0 Å². The Hall–Kier alpha value is -2.96. The third-order valence-electron chi connectivity index (χ3n) is 5.61. The number of aromatic nitrogens is 4. The molecule has 2 aromatic heterocycles. The van der Waals surface area contributed by atoms with Gasteiger partial charge in [0.1, 0.15) is 12.1 Å². The van der Waals surface area contributed by atoms with Gasteiger partial charge in [0, 0.05) is 37.7 Å². The van der Waals surface area contributed by atoms with Crippen LogP contribution in [-0.4, -0.2) is 50.8 Å². The van der Waals surface area contributed by atoms with Crippen molar-refractivity contribution in [2.24, 2.45) is 0 Å². The molecule has 1 saturated heterocycles. The van der Waals surface area contributed by atoms with E-state index >= 15 is 0 Å². The zero-order valence-corrected chi connectivity index (χ0v) is 17.4. The summed E-state index contributed by atoms with van der Waals surface area (Å²) in [5, 5.41) is 6.30. The van der Waals surface area contributed by atoms with E-state index in [1.165, 1.54) is 5.56 Å². The van der Waals surface area contributed by atoms with Crippen LogP contribution in [0.1, 0.15) is 11.1 Å². The maximum absolute atomic E-state index is 6.33. The lowest BCUT2D eigenvalue weighted by Gasteiger charge is -2.35. The SMILES string of the molecule is Clc1ccccc1Cn1ncc2c(N3CCN(Cc4ccccc4)CC3)ncnc21. The Labute approximate surface area is 180 Å². The first-order valence-corrected chi connectivity index (χ1v) is 10.6. The molecule has 0 atom stereocenters. The summed E-state index contributed by atoms with van der Waals surface area (Å²) in [7, 11) is 0. The molecule has 0 amide bonds. The fourth-order valence-corrected chi connectivity index (χ4v) is 4.19. The number of fused-ring (bicyclic) bond motifs is 1. The molecule has 2 aromatic carbocycles. The Morgan fingerprint density at radius 1 is 0.833 bits per heavy atom. The van der Waals surface area contributed by atoms with Gasteiger partial charge in [0.05, 0.1) is 18.1 Å². The normalized spacial score (nSPS) is 15.0. The van der Waals surface area contributed by atoms with Gasteiger partial charge in [-0.25, -0.2) is 14.6 Å². The van der Waals surface area contributed by atoms with Gasteiger partial charge in [0.25, 0.3) is 0 Å². The van der Waals surface area contributed by atoms with Crippen molar-refractivity contribution in [2.75, 3.05) is 31.1 Å². The highest BCUT2D eigenvalue weighted by molar-refractivity contribution is 6.31. The molecule has 6 nitrogen and oxygen atoms in total. The summed E-state index contributed by atoms with van der Waals surface area (Å²) in [6.07, 6.45) is 3.51. The van der Waals surface area contributed by atoms with E-state index in [1.807, 2.05) is 35.1 Å². The maximum Gasteiger partial charge on any atom is 0.163 e. The first-order valence-electron chi connectivity index (χ1n) is 10.2. The van der Waals surface area contributed by atoms with Crippen LogP contribution in [-0.2, 0) is 13.1 Å². The predicted octanol–water partition coefficient (Wildman–Crippen LogP) is 3.85. The van der Waals surface area contributed by atoms with Crippen LogP contribution >= 0.6 is 11.6 Å². The van der Waals surface area contributed by atoms with Crippen molar-refractivity contribution in [3.05, 3.63) is 83.3 Å². The number of hydrogen-bond acceptors (Lipinski definition) is 5. The van der Waals surface area contributed by atoms with E-state index in [2.05, 4.69) is 55.2 Å². The number of rotatable bonds is 5. The van der Waals surface area contributed by atoms with Gasteiger partial charge in [-0.05, 0) is 17.2 Å². The fourth-order valence-electron chi connectivity index (χ4n) is 4.00. The molecule has 1 aliphatic heterocycles. The Bertz CT molecular complexity index is 1130. The minimum absolute atomic E-state index is 0.588. The van der Waals surface area contributed by atoms with Crippen LogP contribution in [0.5, 0.6) is 0 Å². The van der Waals surface area contributed by atoms with E-state index in [4.69, 9.17) is 11.6 Å². The summed E-state index contributed by atoms with van der Waals surface area (Å²) in [6.45, 7) is 5.47. The van der Waals surface area contributed by atoms with E-state index in [9.17, 15) is 0 Å². The molecular weight excluding hydrogens is 396 g/mol. The van der Waals surface area contributed by atoms with Gasteiger partial charge in [-0.15, -0.1) is 0 Å². The zero-order valence-electron chi connectivity index (χ0n) is 16.7. The minimum atomic E-state index is 0.588. The monoisotopic (exact) mass is 418 g/mol. The standard InChI is InChI=1S/C23H23ClN6/c24-21-9-5-4-8-19(21)16-30-23-20(14-27-30)22(25-17-26-23)29-12-10-28(11-13-29)15-18-6-2-1-3-7-18/h1-9,14,17H,10-13,15-16H2. The first-order chi connectivity index (χ1) is 14.8. The number of halogens is 1. The number of benzene rings is 2. The van der Waals surface area contributed by atoms with Gasteiger partial charge in [-0.1, -0.05) is 60.1 Å².